The summed E-state index contributed by atoms with van der Waals surface area (Å²) in [4.78, 5) is 4.69. The monoisotopic (exact) mass is 300 g/mol. The lowest BCUT2D eigenvalue weighted by molar-refractivity contribution is 0.939. The molecule has 0 amide bonds. The highest BCUT2D eigenvalue weighted by molar-refractivity contribution is 6.42. The van der Waals surface area contributed by atoms with Crippen molar-refractivity contribution in [3.8, 4) is 11.4 Å². The molecule has 98 valence electrons. The average Bonchev–Trinajstić information content (AvgIpc) is 2.84. The molecule has 4 rings (SSSR count). The van der Waals surface area contributed by atoms with Crippen molar-refractivity contribution >= 4 is 45.0 Å². The van der Waals surface area contributed by atoms with E-state index in [4.69, 9.17) is 23.2 Å². The Morgan fingerprint density at radius 1 is 0.950 bits per heavy atom. The minimum atomic E-state index is 0.681. The van der Waals surface area contributed by atoms with Gasteiger partial charge in [0, 0.05) is 23.4 Å². The number of hydrogen-bond acceptors (Lipinski definition) is 1. The van der Waals surface area contributed by atoms with E-state index < -0.39 is 0 Å². The van der Waals surface area contributed by atoms with Crippen LogP contribution in [0.5, 0.6) is 0 Å². The zero-order chi connectivity index (χ0) is 13.9. The SMILES string of the molecule is Cn1c2nc3ccccc3c-2c(Cl)c2cccc(Cl)c21. The summed E-state index contributed by atoms with van der Waals surface area (Å²) in [5.41, 5.74) is 2.85. The number of aryl methyl sites for hydroxylation is 1. The maximum atomic E-state index is 6.63. The van der Waals surface area contributed by atoms with Crippen molar-refractivity contribution in [1.82, 2.24) is 9.55 Å². The largest absolute Gasteiger partial charge is 0.327 e. The van der Waals surface area contributed by atoms with Crippen LogP contribution in [0.25, 0.3) is 33.2 Å². The van der Waals surface area contributed by atoms with E-state index in [0.717, 1.165) is 33.2 Å². The predicted octanol–water partition coefficient (Wildman–Crippen LogP) is 5.14. The molecule has 0 saturated carbocycles. The van der Waals surface area contributed by atoms with E-state index in [2.05, 4.69) is 4.98 Å². The molecule has 0 spiro atoms. The lowest BCUT2D eigenvalue weighted by Gasteiger charge is -2.15. The van der Waals surface area contributed by atoms with Crippen LogP contribution in [0.15, 0.2) is 42.5 Å². The van der Waals surface area contributed by atoms with E-state index in [0.29, 0.717) is 10.0 Å². The molecule has 0 aliphatic carbocycles. The molecule has 2 aromatic rings. The summed E-state index contributed by atoms with van der Waals surface area (Å²) in [5.74, 6) is 0.858. The van der Waals surface area contributed by atoms with Crippen LogP contribution in [0.1, 0.15) is 0 Å². The van der Waals surface area contributed by atoms with Gasteiger partial charge in [0.1, 0.15) is 5.82 Å². The van der Waals surface area contributed by atoms with Crippen molar-refractivity contribution < 1.29 is 0 Å². The number of para-hydroxylation sites is 2. The van der Waals surface area contributed by atoms with E-state index in [1.54, 1.807) is 0 Å². The summed E-state index contributed by atoms with van der Waals surface area (Å²) in [5, 5.41) is 3.42. The predicted molar refractivity (Wildman–Crippen MR) is 84.9 cm³/mol. The lowest BCUT2D eigenvalue weighted by atomic mass is 10.1. The van der Waals surface area contributed by atoms with Crippen molar-refractivity contribution in [2.45, 2.75) is 0 Å². The molecule has 2 aliphatic rings. The van der Waals surface area contributed by atoms with Gasteiger partial charge in [0.15, 0.2) is 0 Å². The zero-order valence-electron chi connectivity index (χ0n) is 10.7. The van der Waals surface area contributed by atoms with E-state index in [1.807, 2.05) is 54.1 Å². The molecular weight excluding hydrogens is 291 g/mol. The third kappa shape index (κ3) is 1.43. The molecule has 2 aliphatic heterocycles. The molecule has 2 nitrogen and oxygen atoms in total. The molecule has 0 aromatic heterocycles. The maximum absolute atomic E-state index is 6.63. The van der Waals surface area contributed by atoms with Gasteiger partial charge in [-0.3, -0.25) is 0 Å². The Labute approximate surface area is 125 Å². The van der Waals surface area contributed by atoms with Gasteiger partial charge in [-0.15, -0.1) is 0 Å². The van der Waals surface area contributed by atoms with Gasteiger partial charge in [-0.1, -0.05) is 53.5 Å². The number of nitrogens with zero attached hydrogens (tertiary/aromatic N) is 2. The lowest BCUT2D eigenvalue weighted by Crippen LogP contribution is -2.01. The average molecular weight is 301 g/mol. The fraction of sp³-hybridized carbons (Fsp3) is 0.0625. The summed E-state index contributed by atoms with van der Waals surface area (Å²) >= 11 is 13.0. The highest BCUT2D eigenvalue weighted by atomic mass is 35.5. The summed E-state index contributed by atoms with van der Waals surface area (Å²) < 4.78 is 2.01. The Bertz CT molecular complexity index is 940. The second-order valence-electron chi connectivity index (χ2n) is 4.84. The first-order chi connectivity index (χ1) is 9.68. The molecule has 0 bridgehead atoms. The van der Waals surface area contributed by atoms with Gasteiger partial charge in [-0.25, -0.2) is 4.98 Å². The molecule has 20 heavy (non-hydrogen) atoms. The molecule has 0 N–H and O–H groups in total. The van der Waals surface area contributed by atoms with Crippen LogP contribution in [0.3, 0.4) is 0 Å². The maximum Gasteiger partial charge on any atom is 0.143 e. The standard InChI is InChI=1S/C16H10Cl2N2/c1-20-15-10(6-4-7-11(15)17)14(18)13-9-5-2-3-8-12(9)19-16(13)20/h2-8H,1H3. The first-order valence-electron chi connectivity index (χ1n) is 6.29. The van der Waals surface area contributed by atoms with Crippen molar-refractivity contribution in [2.24, 2.45) is 7.05 Å². The summed E-state index contributed by atoms with van der Waals surface area (Å²) in [6.07, 6.45) is 0. The Kier molecular flexibility index (Phi) is 2.47. The van der Waals surface area contributed by atoms with Crippen molar-refractivity contribution in [3.05, 3.63) is 52.5 Å². The molecule has 0 fully saturated rings. The number of halogens is 2. The molecule has 0 radical (unpaired) electrons. The first-order valence-corrected chi connectivity index (χ1v) is 7.05. The van der Waals surface area contributed by atoms with Gasteiger partial charge in [0.25, 0.3) is 0 Å². The van der Waals surface area contributed by atoms with Crippen LogP contribution >= 0.6 is 23.2 Å². The molecule has 0 atom stereocenters. The Morgan fingerprint density at radius 3 is 2.55 bits per heavy atom. The zero-order valence-corrected chi connectivity index (χ0v) is 12.2. The number of aromatic nitrogens is 2. The number of hydrogen-bond donors (Lipinski definition) is 0. The molecule has 2 aromatic carbocycles. The molecule has 2 heterocycles. The molecule has 0 unspecified atom stereocenters. The Hall–Kier alpha value is -1.77. The van der Waals surface area contributed by atoms with Crippen molar-refractivity contribution in [3.63, 3.8) is 0 Å². The number of fused-ring (bicyclic) bond motifs is 4. The third-order valence-electron chi connectivity index (χ3n) is 3.72. The van der Waals surface area contributed by atoms with Gasteiger partial charge in [0.05, 0.1) is 21.1 Å². The van der Waals surface area contributed by atoms with Crippen LogP contribution in [0, 0.1) is 0 Å². The molecule has 4 heteroatoms. The minimum absolute atomic E-state index is 0.681. The number of benzene rings is 2. The highest BCUT2D eigenvalue weighted by Gasteiger charge is 2.21. The number of pyridine rings is 1. The first kappa shape index (κ1) is 12.0. The van der Waals surface area contributed by atoms with Crippen LogP contribution in [0.2, 0.25) is 10.0 Å². The van der Waals surface area contributed by atoms with Crippen LogP contribution in [0.4, 0.5) is 0 Å². The Balaban J connectivity index is 2.36. The quantitative estimate of drug-likeness (QED) is 0.440. The smallest absolute Gasteiger partial charge is 0.143 e. The van der Waals surface area contributed by atoms with Gasteiger partial charge in [-0.2, -0.15) is 0 Å². The van der Waals surface area contributed by atoms with E-state index in [9.17, 15) is 0 Å². The van der Waals surface area contributed by atoms with Crippen LogP contribution in [-0.4, -0.2) is 9.55 Å². The summed E-state index contributed by atoms with van der Waals surface area (Å²) in [6, 6.07) is 13.8. The van der Waals surface area contributed by atoms with Gasteiger partial charge >= 0.3 is 0 Å². The van der Waals surface area contributed by atoms with E-state index in [-0.39, 0.29) is 0 Å². The summed E-state index contributed by atoms with van der Waals surface area (Å²) in [6.45, 7) is 0. The van der Waals surface area contributed by atoms with Gasteiger partial charge in [-0.05, 0) is 12.1 Å². The second-order valence-corrected chi connectivity index (χ2v) is 5.62. The van der Waals surface area contributed by atoms with Gasteiger partial charge < -0.3 is 4.57 Å². The highest BCUT2D eigenvalue weighted by Crippen LogP contribution is 2.42. The van der Waals surface area contributed by atoms with E-state index in [1.165, 1.54) is 0 Å². The Morgan fingerprint density at radius 2 is 1.70 bits per heavy atom. The fourth-order valence-corrected chi connectivity index (χ4v) is 3.45. The second kappa shape index (κ2) is 4.11. The minimum Gasteiger partial charge on any atom is -0.327 e. The molecule has 0 saturated heterocycles. The third-order valence-corrected chi connectivity index (χ3v) is 4.42. The fourth-order valence-electron chi connectivity index (χ4n) is 2.81. The van der Waals surface area contributed by atoms with Crippen LogP contribution in [-0.2, 0) is 7.05 Å². The molecular formula is C16H10Cl2N2. The van der Waals surface area contributed by atoms with Gasteiger partial charge in [0.2, 0.25) is 0 Å². The van der Waals surface area contributed by atoms with Crippen molar-refractivity contribution in [2.75, 3.05) is 0 Å². The van der Waals surface area contributed by atoms with E-state index >= 15 is 0 Å². The number of rotatable bonds is 0. The normalized spacial score (nSPS) is 11.8. The topological polar surface area (TPSA) is 17.8 Å². The summed E-state index contributed by atoms with van der Waals surface area (Å²) in [7, 11) is 1.97. The van der Waals surface area contributed by atoms with Crippen molar-refractivity contribution in [1.29, 1.82) is 0 Å². The van der Waals surface area contributed by atoms with Crippen LogP contribution < -0.4 is 0 Å².